The molecular weight excluding hydrogens is 450 g/mol. The van der Waals surface area contributed by atoms with Crippen molar-refractivity contribution < 1.29 is 4.43 Å². The van der Waals surface area contributed by atoms with Gasteiger partial charge in [-0.2, -0.15) is 0 Å². The highest BCUT2D eigenvalue weighted by atomic mass is 32.2. The van der Waals surface area contributed by atoms with Gasteiger partial charge in [-0.1, -0.05) is 117 Å². The van der Waals surface area contributed by atoms with Crippen LogP contribution in [0.3, 0.4) is 0 Å². The van der Waals surface area contributed by atoms with Gasteiger partial charge in [0.05, 0.1) is 11.4 Å². The van der Waals surface area contributed by atoms with Crippen molar-refractivity contribution in [3.8, 4) is 0 Å². The van der Waals surface area contributed by atoms with Crippen molar-refractivity contribution in [2.75, 3.05) is 11.9 Å². The highest BCUT2D eigenvalue weighted by Gasteiger charge is 2.41. The van der Waals surface area contributed by atoms with Gasteiger partial charge in [0.2, 0.25) is 0 Å². The molecule has 0 saturated carbocycles. The van der Waals surface area contributed by atoms with Crippen molar-refractivity contribution in [3.63, 3.8) is 0 Å². The number of hydrogen-bond donors (Lipinski definition) is 0. The van der Waals surface area contributed by atoms with Crippen molar-refractivity contribution >= 4 is 32.9 Å². The summed E-state index contributed by atoms with van der Waals surface area (Å²) < 4.78 is 7.25. The van der Waals surface area contributed by atoms with Crippen molar-refractivity contribution in [2.45, 2.75) is 41.2 Å². The number of hydrogen-bond acceptors (Lipinski definition) is 3. The van der Waals surface area contributed by atoms with Crippen LogP contribution in [0.15, 0.2) is 113 Å². The Kier molecular flexibility index (Phi) is 6.15. The van der Waals surface area contributed by atoms with Gasteiger partial charge in [-0.05, 0) is 34.4 Å². The number of fused-ring (bicyclic) bond motifs is 2. The van der Waals surface area contributed by atoms with Crippen LogP contribution in [0, 0.1) is 0 Å². The molecule has 5 rings (SSSR count). The average Bonchev–Trinajstić information content (AvgIpc) is 2.86. The number of para-hydroxylation sites is 1. The lowest BCUT2D eigenvalue weighted by Gasteiger charge is -2.41. The van der Waals surface area contributed by atoms with E-state index in [0.717, 1.165) is 0 Å². The summed E-state index contributed by atoms with van der Waals surface area (Å²) in [6.07, 6.45) is 0. The fourth-order valence-corrected chi connectivity index (χ4v) is 7.07. The minimum atomic E-state index is -0.905. The molecule has 0 amide bonds. The molecule has 4 heteroatoms. The molecule has 34 heavy (non-hydrogen) atoms. The Balaban J connectivity index is 1.80. The zero-order chi connectivity index (χ0) is 23.8. The Morgan fingerprint density at radius 1 is 0.676 bits per heavy atom. The van der Waals surface area contributed by atoms with E-state index >= 15 is 0 Å². The number of anilines is 2. The zero-order valence-corrected chi connectivity index (χ0v) is 22.5. The van der Waals surface area contributed by atoms with Gasteiger partial charge in [-0.3, -0.25) is 0 Å². The smallest absolute Gasteiger partial charge is 0.169 e. The van der Waals surface area contributed by atoms with E-state index in [-0.39, 0.29) is 5.04 Å². The van der Waals surface area contributed by atoms with E-state index in [1.54, 1.807) is 0 Å². The fourth-order valence-electron chi connectivity index (χ4n) is 4.63. The normalized spacial score (nSPS) is 13.7. The Hall–Kier alpha value is -2.79. The van der Waals surface area contributed by atoms with Crippen LogP contribution < -0.4 is 4.90 Å². The summed E-state index contributed by atoms with van der Waals surface area (Å²) >= 11 is 1.86. The molecule has 1 aliphatic heterocycles. The SMILES string of the molecule is CN1c2ccccc2Sc2c1cccc2C(O[SiH2]C(C)(C)C)(c1ccccc1)c1ccccc1. The van der Waals surface area contributed by atoms with Crippen LogP contribution in [-0.4, -0.2) is 16.8 Å². The number of rotatable bonds is 5. The molecule has 0 unspecified atom stereocenters. The first kappa shape index (κ1) is 23.0. The third-order valence-corrected chi connectivity index (χ3v) is 8.90. The predicted molar refractivity (Wildman–Crippen MR) is 147 cm³/mol. The summed E-state index contributed by atoms with van der Waals surface area (Å²) in [6, 6.07) is 36.9. The van der Waals surface area contributed by atoms with E-state index < -0.39 is 15.4 Å². The molecule has 0 bridgehead atoms. The van der Waals surface area contributed by atoms with Gasteiger partial charge in [-0.15, -0.1) is 0 Å². The molecule has 1 heterocycles. The molecular formula is C30H31NOSSi. The van der Waals surface area contributed by atoms with E-state index in [4.69, 9.17) is 4.43 Å². The molecule has 2 nitrogen and oxygen atoms in total. The van der Waals surface area contributed by atoms with Gasteiger partial charge < -0.3 is 9.33 Å². The minimum absolute atomic E-state index is 0.153. The van der Waals surface area contributed by atoms with Crippen LogP contribution in [0.4, 0.5) is 11.4 Å². The van der Waals surface area contributed by atoms with Gasteiger partial charge in [0.25, 0.3) is 0 Å². The van der Waals surface area contributed by atoms with Crippen LogP contribution in [0.1, 0.15) is 37.5 Å². The molecule has 0 spiro atoms. The third-order valence-electron chi connectivity index (χ3n) is 6.26. The molecule has 4 aromatic carbocycles. The van der Waals surface area contributed by atoms with Crippen molar-refractivity contribution in [2.24, 2.45) is 0 Å². The number of nitrogens with zero attached hydrogens (tertiary/aromatic N) is 1. The quantitative estimate of drug-likeness (QED) is 0.216. The summed E-state index contributed by atoms with van der Waals surface area (Å²) in [5.41, 5.74) is 5.35. The molecule has 0 radical (unpaired) electrons. The lowest BCUT2D eigenvalue weighted by atomic mass is 9.80. The van der Waals surface area contributed by atoms with Gasteiger partial charge in [-0.25, -0.2) is 0 Å². The molecule has 0 N–H and O–H groups in total. The van der Waals surface area contributed by atoms with Gasteiger partial charge >= 0.3 is 0 Å². The van der Waals surface area contributed by atoms with Crippen molar-refractivity contribution in [1.82, 2.24) is 0 Å². The Labute approximate surface area is 209 Å². The second-order valence-corrected chi connectivity index (χ2v) is 13.8. The molecule has 0 atom stereocenters. The van der Waals surface area contributed by atoms with E-state index in [9.17, 15) is 0 Å². The first-order valence-corrected chi connectivity index (χ1v) is 13.9. The largest absolute Gasteiger partial charge is 0.406 e. The standard InChI is InChI=1S/C30H31NOSSi/c1-29(2,3)34-32-30(22-14-7-5-8-15-22,23-16-9-6-10-17-23)24-18-13-20-26-28(24)33-27-21-12-11-19-25(27)31(26)4/h5-21H,34H2,1-4H3. The van der Waals surface area contributed by atoms with E-state index in [1.165, 1.54) is 37.9 Å². The summed E-state index contributed by atoms with van der Waals surface area (Å²) in [5, 5.41) is 0.153. The Morgan fingerprint density at radius 3 is 1.85 bits per heavy atom. The molecule has 0 aromatic heterocycles. The van der Waals surface area contributed by atoms with Crippen molar-refractivity contribution in [3.05, 3.63) is 120 Å². The third kappa shape index (κ3) is 4.11. The monoisotopic (exact) mass is 481 g/mol. The molecule has 0 saturated heterocycles. The molecule has 1 aliphatic rings. The van der Waals surface area contributed by atoms with Crippen LogP contribution in [0.25, 0.3) is 0 Å². The van der Waals surface area contributed by atoms with Gasteiger partial charge in [0.1, 0.15) is 5.60 Å². The highest BCUT2D eigenvalue weighted by molar-refractivity contribution is 7.99. The second kappa shape index (κ2) is 9.10. The lowest BCUT2D eigenvalue weighted by molar-refractivity contribution is 0.154. The minimum Gasteiger partial charge on any atom is -0.406 e. The summed E-state index contributed by atoms with van der Waals surface area (Å²) in [7, 11) is 1.26. The molecule has 0 fully saturated rings. The van der Waals surface area contributed by atoms with Crippen LogP contribution in [0.2, 0.25) is 5.04 Å². The second-order valence-electron chi connectivity index (χ2n) is 10.0. The average molecular weight is 482 g/mol. The maximum Gasteiger partial charge on any atom is 0.169 e. The van der Waals surface area contributed by atoms with Crippen LogP contribution in [-0.2, 0) is 10.0 Å². The Morgan fingerprint density at radius 2 is 1.24 bits per heavy atom. The molecule has 4 aromatic rings. The van der Waals surface area contributed by atoms with E-state index in [0.29, 0.717) is 0 Å². The predicted octanol–water partition coefficient (Wildman–Crippen LogP) is 7.53. The zero-order valence-electron chi connectivity index (χ0n) is 20.3. The summed E-state index contributed by atoms with van der Waals surface area (Å²) in [5.74, 6) is 0. The summed E-state index contributed by atoms with van der Waals surface area (Å²) in [6.45, 7) is 6.87. The van der Waals surface area contributed by atoms with E-state index in [1.807, 2.05) is 11.8 Å². The van der Waals surface area contributed by atoms with Crippen LogP contribution >= 0.6 is 11.8 Å². The first-order valence-electron chi connectivity index (χ1n) is 11.8. The van der Waals surface area contributed by atoms with Crippen molar-refractivity contribution in [1.29, 1.82) is 0 Å². The lowest BCUT2D eigenvalue weighted by Crippen LogP contribution is -2.37. The number of benzene rings is 4. The maximum absolute atomic E-state index is 7.25. The fraction of sp³-hybridized carbons (Fsp3) is 0.200. The Bertz CT molecular complexity index is 1240. The maximum atomic E-state index is 7.25. The topological polar surface area (TPSA) is 12.5 Å². The van der Waals surface area contributed by atoms with E-state index in [2.05, 4.69) is 136 Å². The van der Waals surface area contributed by atoms with Crippen LogP contribution in [0.5, 0.6) is 0 Å². The molecule has 172 valence electrons. The summed E-state index contributed by atoms with van der Waals surface area (Å²) in [4.78, 5) is 4.85. The molecule has 0 aliphatic carbocycles. The van der Waals surface area contributed by atoms with Gasteiger partial charge in [0.15, 0.2) is 9.76 Å². The highest BCUT2D eigenvalue weighted by Crippen LogP contribution is 2.54. The first-order chi connectivity index (χ1) is 16.4. The van der Waals surface area contributed by atoms with Gasteiger partial charge in [0, 0.05) is 22.4 Å².